The summed E-state index contributed by atoms with van der Waals surface area (Å²) in [4.78, 5) is 36.6. The highest BCUT2D eigenvalue weighted by Crippen LogP contribution is 2.26. The molecule has 3 aromatic rings. The molecule has 1 aromatic heterocycles. The van der Waals surface area contributed by atoms with E-state index in [1.807, 2.05) is 6.92 Å². The van der Waals surface area contributed by atoms with Crippen molar-refractivity contribution >= 4 is 22.5 Å². The minimum absolute atomic E-state index is 0.146. The van der Waals surface area contributed by atoms with Crippen LogP contribution >= 0.6 is 0 Å². The van der Waals surface area contributed by atoms with Gasteiger partial charge in [-0.05, 0) is 19.1 Å². The van der Waals surface area contributed by atoms with Crippen LogP contribution in [0.25, 0.3) is 11.0 Å². The van der Waals surface area contributed by atoms with Gasteiger partial charge in [0.25, 0.3) is 0 Å². The standard InChI is InChI=1S/C18H12O5/c1-10-6-8-11(9-7-10)15(19)17(21)14-16(20)12-4-2-3-5-13(12)23-18(14)22/h2-9,20H,1H3. The highest BCUT2D eigenvalue weighted by Gasteiger charge is 2.27. The molecule has 0 spiro atoms. The summed E-state index contributed by atoms with van der Waals surface area (Å²) in [5.74, 6) is -2.50. The summed E-state index contributed by atoms with van der Waals surface area (Å²) in [5.41, 5.74) is -0.454. The van der Waals surface area contributed by atoms with E-state index in [0.29, 0.717) is 0 Å². The van der Waals surface area contributed by atoms with Gasteiger partial charge >= 0.3 is 5.63 Å². The number of carbonyl (C=O) groups excluding carboxylic acids is 2. The molecular formula is C18H12O5. The van der Waals surface area contributed by atoms with Crippen LogP contribution in [0.2, 0.25) is 0 Å². The van der Waals surface area contributed by atoms with Crippen molar-refractivity contribution in [1.29, 1.82) is 0 Å². The zero-order chi connectivity index (χ0) is 16.6. The second-order valence-electron chi connectivity index (χ2n) is 5.13. The van der Waals surface area contributed by atoms with Gasteiger partial charge < -0.3 is 9.52 Å². The van der Waals surface area contributed by atoms with E-state index in [4.69, 9.17) is 4.42 Å². The molecule has 114 valence electrons. The fraction of sp³-hybridized carbons (Fsp3) is 0.0556. The summed E-state index contributed by atoms with van der Waals surface area (Å²) in [5, 5.41) is 10.4. The fourth-order valence-corrected chi connectivity index (χ4v) is 2.28. The van der Waals surface area contributed by atoms with Crippen molar-refractivity contribution in [2.45, 2.75) is 6.92 Å². The van der Waals surface area contributed by atoms with Gasteiger partial charge in [-0.15, -0.1) is 0 Å². The topological polar surface area (TPSA) is 84.6 Å². The van der Waals surface area contributed by atoms with Gasteiger partial charge in [-0.1, -0.05) is 42.0 Å². The Bertz CT molecular complexity index is 980. The average molecular weight is 308 g/mol. The molecule has 0 saturated carbocycles. The van der Waals surface area contributed by atoms with Crippen LogP contribution in [-0.4, -0.2) is 16.7 Å². The van der Waals surface area contributed by atoms with Crippen molar-refractivity contribution in [2.24, 2.45) is 0 Å². The van der Waals surface area contributed by atoms with Crippen LogP contribution in [0.15, 0.2) is 57.7 Å². The Hall–Kier alpha value is -3.21. The Balaban J connectivity index is 2.12. The van der Waals surface area contributed by atoms with Crippen LogP contribution in [0.3, 0.4) is 0 Å². The quantitative estimate of drug-likeness (QED) is 0.457. The highest BCUT2D eigenvalue weighted by atomic mass is 16.4. The minimum Gasteiger partial charge on any atom is -0.506 e. The SMILES string of the molecule is Cc1ccc(C(=O)C(=O)c2c(O)c3ccccc3oc2=O)cc1. The lowest BCUT2D eigenvalue weighted by molar-refractivity contribution is 0.0813. The smallest absolute Gasteiger partial charge is 0.351 e. The zero-order valence-electron chi connectivity index (χ0n) is 12.2. The molecule has 3 rings (SSSR count). The minimum atomic E-state index is -1.09. The molecule has 0 aliphatic heterocycles. The van der Waals surface area contributed by atoms with Crippen molar-refractivity contribution in [3.8, 4) is 5.75 Å². The maximum absolute atomic E-state index is 12.3. The van der Waals surface area contributed by atoms with E-state index >= 15 is 0 Å². The van der Waals surface area contributed by atoms with Crippen LogP contribution in [0.5, 0.6) is 5.75 Å². The Kier molecular flexibility index (Phi) is 3.54. The molecule has 0 radical (unpaired) electrons. The van der Waals surface area contributed by atoms with E-state index < -0.39 is 28.5 Å². The van der Waals surface area contributed by atoms with Gasteiger partial charge in [-0.25, -0.2) is 4.79 Å². The highest BCUT2D eigenvalue weighted by molar-refractivity contribution is 6.49. The van der Waals surface area contributed by atoms with Crippen molar-refractivity contribution in [1.82, 2.24) is 0 Å². The van der Waals surface area contributed by atoms with Crippen molar-refractivity contribution < 1.29 is 19.1 Å². The lowest BCUT2D eigenvalue weighted by Crippen LogP contribution is -2.22. The first-order chi connectivity index (χ1) is 11.0. The summed E-state index contributed by atoms with van der Waals surface area (Å²) in [6, 6.07) is 12.6. The number of aromatic hydroxyl groups is 1. The lowest BCUT2D eigenvalue weighted by Gasteiger charge is -2.05. The maximum Gasteiger partial charge on any atom is 0.351 e. The van der Waals surface area contributed by atoms with Gasteiger partial charge in [0.15, 0.2) is 5.56 Å². The Morgan fingerprint density at radius 1 is 0.957 bits per heavy atom. The van der Waals surface area contributed by atoms with E-state index in [1.165, 1.54) is 24.3 Å². The second-order valence-corrected chi connectivity index (χ2v) is 5.13. The maximum atomic E-state index is 12.3. The third-order valence-corrected chi connectivity index (χ3v) is 3.53. The number of ketones is 2. The Morgan fingerprint density at radius 3 is 2.30 bits per heavy atom. The lowest BCUT2D eigenvalue weighted by atomic mass is 10.00. The molecule has 0 bridgehead atoms. The van der Waals surface area contributed by atoms with E-state index in [9.17, 15) is 19.5 Å². The van der Waals surface area contributed by atoms with Gasteiger partial charge in [-0.3, -0.25) is 9.59 Å². The summed E-state index contributed by atoms with van der Waals surface area (Å²) >= 11 is 0. The summed E-state index contributed by atoms with van der Waals surface area (Å²) in [6.07, 6.45) is 0. The Labute approximate surface area is 130 Å². The number of aryl methyl sites for hydroxylation is 1. The molecule has 0 atom stereocenters. The van der Waals surface area contributed by atoms with Gasteiger partial charge in [0, 0.05) is 5.56 Å². The molecule has 2 aromatic carbocycles. The van der Waals surface area contributed by atoms with E-state index in [0.717, 1.165) is 5.56 Å². The average Bonchev–Trinajstić information content (AvgIpc) is 2.54. The fourth-order valence-electron chi connectivity index (χ4n) is 2.28. The monoisotopic (exact) mass is 308 g/mol. The molecule has 5 heteroatoms. The molecular weight excluding hydrogens is 296 g/mol. The molecule has 0 unspecified atom stereocenters. The van der Waals surface area contributed by atoms with Crippen molar-refractivity contribution in [2.75, 3.05) is 0 Å². The molecule has 0 saturated heterocycles. The number of hydrogen-bond acceptors (Lipinski definition) is 5. The second kappa shape index (κ2) is 5.53. The van der Waals surface area contributed by atoms with Crippen LogP contribution < -0.4 is 5.63 Å². The third-order valence-electron chi connectivity index (χ3n) is 3.53. The molecule has 1 heterocycles. The molecule has 1 N–H and O–H groups in total. The molecule has 0 amide bonds. The first-order valence-corrected chi connectivity index (χ1v) is 6.89. The van der Waals surface area contributed by atoms with E-state index in [-0.39, 0.29) is 16.5 Å². The summed E-state index contributed by atoms with van der Waals surface area (Å²) in [6.45, 7) is 1.85. The van der Waals surface area contributed by atoms with Crippen LogP contribution in [0.1, 0.15) is 26.3 Å². The number of Topliss-reactive ketones (excluding diaryl/α,β-unsaturated/α-hetero) is 2. The predicted molar refractivity (Wildman–Crippen MR) is 84.0 cm³/mol. The van der Waals surface area contributed by atoms with Crippen LogP contribution in [0.4, 0.5) is 0 Å². The first-order valence-electron chi connectivity index (χ1n) is 6.89. The van der Waals surface area contributed by atoms with E-state index in [1.54, 1.807) is 24.3 Å². The molecule has 0 aliphatic carbocycles. The number of carbonyl (C=O) groups is 2. The van der Waals surface area contributed by atoms with Crippen LogP contribution in [-0.2, 0) is 0 Å². The molecule has 5 nitrogen and oxygen atoms in total. The first kappa shape index (κ1) is 14.7. The largest absolute Gasteiger partial charge is 0.506 e. The summed E-state index contributed by atoms with van der Waals surface area (Å²) < 4.78 is 5.01. The molecule has 23 heavy (non-hydrogen) atoms. The van der Waals surface area contributed by atoms with Gasteiger partial charge in [0.1, 0.15) is 11.3 Å². The van der Waals surface area contributed by atoms with Gasteiger partial charge in [0.05, 0.1) is 5.39 Å². The number of rotatable bonds is 3. The van der Waals surface area contributed by atoms with Gasteiger partial charge in [-0.2, -0.15) is 0 Å². The van der Waals surface area contributed by atoms with Crippen molar-refractivity contribution in [3.05, 3.63) is 75.6 Å². The Morgan fingerprint density at radius 2 is 1.61 bits per heavy atom. The number of hydrogen-bond donors (Lipinski definition) is 1. The van der Waals surface area contributed by atoms with E-state index in [2.05, 4.69) is 0 Å². The third kappa shape index (κ3) is 2.53. The van der Waals surface area contributed by atoms with Crippen LogP contribution in [0, 0.1) is 6.92 Å². The number of para-hydroxylation sites is 1. The molecule has 0 aliphatic rings. The zero-order valence-corrected chi connectivity index (χ0v) is 12.2. The normalized spacial score (nSPS) is 10.7. The molecule has 0 fully saturated rings. The summed E-state index contributed by atoms with van der Waals surface area (Å²) in [7, 11) is 0. The van der Waals surface area contributed by atoms with Crippen molar-refractivity contribution in [3.63, 3.8) is 0 Å². The van der Waals surface area contributed by atoms with Gasteiger partial charge in [0.2, 0.25) is 11.6 Å². The number of fused-ring (bicyclic) bond motifs is 1. The predicted octanol–water partition coefficient (Wildman–Crippen LogP) is 2.87. The number of benzene rings is 2.